The standard InChI is InChI=1S/C17H18N4/c1-2-13-7-6-8-14(11-13)17(18)16-12-19-21(20-16)15-9-4-3-5-10-15/h3-12,17H,2,18H2,1H3. The number of nitrogens with zero attached hydrogens (tertiary/aromatic N) is 3. The predicted molar refractivity (Wildman–Crippen MR) is 83.2 cm³/mol. The van der Waals surface area contributed by atoms with Crippen molar-refractivity contribution in [3.8, 4) is 5.69 Å². The first kappa shape index (κ1) is 13.5. The fraction of sp³-hybridized carbons (Fsp3) is 0.176. The van der Waals surface area contributed by atoms with Crippen molar-refractivity contribution >= 4 is 0 Å². The molecule has 4 heteroatoms. The van der Waals surface area contributed by atoms with Crippen LogP contribution in [-0.2, 0) is 6.42 Å². The molecule has 3 aromatic rings. The van der Waals surface area contributed by atoms with Crippen LogP contribution in [0.3, 0.4) is 0 Å². The average Bonchev–Trinajstić information content (AvgIpc) is 3.05. The Kier molecular flexibility index (Phi) is 3.79. The second-order valence-electron chi connectivity index (χ2n) is 4.97. The Labute approximate surface area is 124 Å². The Morgan fingerprint density at radius 1 is 1.10 bits per heavy atom. The fourth-order valence-electron chi connectivity index (χ4n) is 2.28. The van der Waals surface area contributed by atoms with Crippen molar-refractivity contribution in [3.63, 3.8) is 0 Å². The third-order valence-corrected chi connectivity index (χ3v) is 3.53. The third kappa shape index (κ3) is 2.85. The molecule has 0 bridgehead atoms. The molecule has 0 saturated carbocycles. The first-order valence-electron chi connectivity index (χ1n) is 7.10. The number of aromatic nitrogens is 3. The lowest BCUT2D eigenvalue weighted by atomic mass is 10.0. The van der Waals surface area contributed by atoms with E-state index in [0.717, 1.165) is 23.4 Å². The minimum absolute atomic E-state index is 0.256. The summed E-state index contributed by atoms with van der Waals surface area (Å²) < 4.78 is 0. The number of hydrogen-bond donors (Lipinski definition) is 1. The molecule has 0 aliphatic rings. The molecule has 1 atom stereocenters. The molecule has 0 spiro atoms. The SMILES string of the molecule is CCc1cccc(C(N)c2cnn(-c3ccccc3)n2)c1. The highest BCUT2D eigenvalue weighted by Crippen LogP contribution is 2.19. The number of rotatable bonds is 4. The van der Waals surface area contributed by atoms with Crippen molar-refractivity contribution in [1.29, 1.82) is 0 Å². The van der Waals surface area contributed by atoms with Crippen molar-refractivity contribution in [2.45, 2.75) is 19.4 Å². The lowest BCUT2D eigenvalue weighted by Crippen LogP contribution is -2.13. The largest absolute Gasteiger partial charge is 0.319 e. The van der Waals surface area contributed by atoms with E-state index >= 15 is 0 Å². The number of para-hydroxylation sites is 1. The summed E-state index contributed by atoms with van der Waals surface area (Å²) in [5.74, 6) is 0. The van der Waals surface area contributed by atoms with Gasteiger partial charge in [-0.25, -0.2) is 0 Å². The van der Waals surface area contributed by atoms with E-state index in [9.17, 15) is 0 Å². The zero-order valence-corrected chi connectivity index (χ0v) is 12.0. The van der Waals surface area contributed by atoms with E-state index in [1.807, 2.05) is 42.5 Å². The van der Waals surface area contributed by atoms with Crippen LogP contribution in [0.25, 0.3) is 5.69 Å². The van der Waals surface area contributed by atoms with Gasteiger partial charge < -0.3 is 5.73 Å². The Morgan fingerprint density at radius 2 is 1.90 bits per heavy atom. The topological polar surface area (TPSA) is 56.7 Å². The molecule has 0 aliphatic carbocycles. The monoisotopic (exact) mass is 278 g/mol. The molecule has 21 heavy (non-hydrogen) atoms. The summed E-state index contributed by atoms with van der Waals surface area (Å²) >= 11 is 0. The number of nitrogens with two attached hydrogens (primary N) is 1. The maximum Gasteiger partial charge on any atom is 0.104 e. The normalized spacial score (nSPS) is 12.3. The minimum Gasteiger partial charge on any atom is -0.319 e. The smallest absolute Gasteiger partial charge is 0.104 e. The highest BCUT2D eigenvalue weighted by Gasteiger charge is 2.13. The van der Waals surface area contributed by atoms with Gasteiger partial charge in [0.2, 0.25) is 0 Å². The van der Waals surface area contributed by atoms with Gasteiger partial charge in [-0.05, 0) is 29.7 Å². The molecular formula is C17H18N4. The van der Waals surface area contributed by atoms with E-state index in [-0.39, 0.29) is 6.04 Å². The summed E-state index contributed by atoms with van der Waals surface area (Å²) in [6.07, 6.45) is 2.73. The van der Waals surface area contributed by atoms with Crippen LogP contribution in [-0.4, -0.2) is 15.0 Å². The third-order valence-electron chi connectivity index (χ3n) is 3.53. The van der Waals surface area contributed by atoms with Gasteiger partial charge in [-0.15, -0.1) is 0 Å². The van der Waals surface area contributed by atoms with Gasteiger partial charge in [0, 0.05) is 0 Å². The Balaban J connectivity index is 1.88. The summed E-state index contributed by atoms with van der Waals surface area (Å²) in [5, 5.41) is 8.79. The molecular weight excluding hydrogens is 260 g/mol. The molecule has 3 rings (SSSR count). The van der Waals surface area contributed by atoms with Gasteiger partial charge in [0.25, 0.3) is 0 Å². The van der Waals surface area contributed by atoms with E-state index in [1.54, 1.807) is 11.0 Å². The first-order chi connectivity index (χ1) is 10.3. The summed E-state index contributed by atoms with van der Waals surface area (Å²) in [4.78, 5) is 1.61. The van der Waals surface area contributed by atoms with E-state index in [1.165, 1.54) is 5.56 Å². The maximum atomic E-state index is 6.32. The van der Waals surface area contributed by atoms with Crippen LogP contribution in [0, 0.1) is 0 Å². The van der Waals surface area contributed by atoms with Gasteiger partial charge in [0.1, 0.15) is 5.69 Å². The minimum atomic E-state index is -0.256. The van der Waals surface area contributed by atoms with Crippen molar-refractivity contribution in [3.05, 3.63) is 77.6 Å². The number of hydrogen-bond acceptors (Lipinski definition) is 3. The Hall–Kier alpha value is -2.46. The van der Waals surface area contributed by atoms with Gasteiger partial charge in [-0.3, -0.25) is 0 Å². The van der Waals surface area contributed by atoms with Gasteiger partial charge in [0.15, 0.2) is 0 Å². The zero-order chi connectivity index (χ0) is 14.7. The summed E-state index contributed by atoms with van der Waals surface area (Å²) in [6, 6.07) is 17.9. The van der Waals surface area contributed by atoms with Crippen molar-refractivity contribution in [2.24, 2.45) is 5.73 Å². The van der Waals surface area contributed by atoms with Crippen molar-refractivity contribution < 1.29 is 0 Å². The quantitative estimate of drug-likeness (QED) is 0.798. The molecule has 0 amide bonds. The molecule has 1 aromatic heterocycles. The molecule has 0 fully saturated rings. The van der Waals surface area contributed by atoms with Crippen LogP contribution in [0.2, 0.25) is 0 Å². The molecule has 106 valence electrons. The predicted octanol–water partition coefficient (Wildman–Crippen LogP) is 2.88. The Bertz CT molecular complexity index is 718. The van der Waals surface area contributed by atoms with Crippen LogP contribution >= 0.6 is 0 Å². The number of aryl methyl sites for hydroxylation is 1. The molecule has 0 radical (unpaired) electrons. The van der Waals surface area contributed by atoms with Crippen LogP contribution < -0.4 is 5.73 Å². The molecule has 1 unspecified atom stereocenters. The molecule has 0 saturated heterocycles. The van der Waals surface area contributed by atoms with E-state index < -0.39 is 0 Å². The molecule has 2 N–H and O–H groups in total. The van der Waals surface area contributed by atoms with Crippen LogP contribution in [0.1, 0.15) is 29.8 Å². The highest BCUT2D eigenvalue weighted by molar-refractivity contribution is 5.32. The molecule has 0 aliphatic heterocycles. The van der Waals surface area contributed by atoms with Gasteiger partial charge in [-0.2, -0.15) is 15.0 Å². The molecule has 1 heterocycles. The number of benzene rings is 2. The lowest BCUT2D eigenvalue weighted by Gasteiger charge is -2.10. The zero-order valence-electron chi connectivity index (χ0n) is 12.0. The summed E-state index contributed by atoms with van der Waals surface area (Å²) in [7, 11) is 0. The first-order valence-corrected chi connectivity index (χ1v) is 7.10. The lowest BCUT2D eigenvalue weighted by molar-refractivity contribution is 0.719. The van der Waals surface area contributed by atoms with Crippen LogP contribution in [0.15, 0.2) is 60.8 Å². The van der Waals surface area contributed by atoms with Gasteiger partial charge >= 0.3 is 0 Å². The van der Waals surface area contributed by atoms with E-state index in [0.29, 0.717) is 0 Å². The maximum absolute atomic E-state index is 6.32. The van der Waals surface area contributed by atoms with E-state index in [2.05, 4.69) is 29.3 Å². The second kappa shape index (κ2) is 5.89. The van der Waals surface area contributed by atoms with Crippen LogP contribution in [0.4, 0.5) is 0 Å². The summed E-state index contributed by atoms with van der Waals surface area (Å²) in [6.45, 7) is 2.14. The van der Waals surface area contributed by atoms with Crippen molar-refractivity contribution in [2.75, 3.05) is 0 Å². The molecule has 2 aromatic carbocycles. The van der Waals surface area contributed by atoms with Gasteiger partial charge in [-0.1, -0.05) is 49.4 Å². The summed E-state index contributed by atoms with van der Waals surface area (Å²) in [5.41, 5.74) is 10.4. The van der Waals surface area contributed by atoms with E-state index in [4.69, 9.17) is 5.73 Å². The molecule has 4 nitrogen and oxygen atoms in total. The van der Waals surface area contributed by atoms with Gasteiger partial charge in [0.05, 0.1) is 17.9 Å². The fourth-order valence-corrected chi connectivity index (χ4v) is 2.28. The highest BCUT2D eigenvalue weighted by atomic mass is 15.5. The van der Waals surface area contributed by atoms with Crippen LogP contribution in [0.5, 0.6) is 0 Å². The van der Waals surface area contributed by atoms with Crippen molar-refractivity contribution in [1.82, 2.24) is 15.0 Å². The second-order valence-corrected chi connectivity index (χ2v) is 4.97. The Morgan fingerprint density at radius 3 is 2.67 bits per heavy atom. The average molecular weight is 278 g/mol.